The largest absolute Gasteiger partial charge is 0.493 e. The van der Waals surface area contributed by atoms with Crippen LogP contribution in [0.15, 0.2) is 42.7 Å². The number of hydrogen-bond donors (Lipinski definition) is 1. The van der Waals surface area contributed by atoms with Crippen molar-refractivity contribution in [2.24, 2.45) is 0 Å². The third kappa shape index (κ3) is 5.01. The summed E-state index contributed by atoms with van der Waals surface area (Å²) in [7, 11) is 0. The molecule has 3 aromatic rings. The van der Waals surface area contributed by atoms with E-state index in [4.69, 9.17) is 9.47 Å². The summed E-state index contributed by atoms with van der Waals surface area (Å²) in [6.45, 7) is 8.53. The number of ether oxygens (including phenoxy) is 2. The van der Waals surface area contributed by atoms with Gasteiger partial charge in [0.25, 0.3) is 5.91 Å². The van der Waals surface area contributed by atoms with Crippen molar-refractivity contribution in [3.8, 4) is 5.75 Å². The van der Waals surface area contributed by atoms with Gasteiger partial charge < -0.3 is 24.6 Å². The first-order valence-electron chi connectivity index (χ1n) is 11.9. The van der Waals surface area contributed by atoms with Gasteiger partial charge >= 0.3 is 6.09 Å². The van der Waals surface area contributed by atoms with Crippen LogP contribution in [0.2, 0.25) is 0 Å². The minimum Gasteiger partial charge on any atom is -0.493 e. The van der Waals surface area contributed by atoms with E-state index in [0.29, 0.717) is 50.4 Å². The summed E-state index contributed by atoms with van der Waals surface area (Å²) in [6.07, 6.45) is 3.68. The minimum atomic E-state index is -0.514. The molecule has 35 heavy (non-hydrogen) atoms. The maximum absolute atomic E-state index is 13.0. The van der Waals surface area contributed by atoms with E-state index in [-0.39, 0.29) is 18.0 Å². The van der Waals surface area contributed by atoms with Gasteiger partial charge in [-0.1, -0.05) is 18.2 Å². The summed E-state index contributed by atoms with van der Waals surface area (Å²) in [5.41, 5.74) is 1.56. The van der Waals surface area contributed by atoms with E-state index in [2.05, 4.69) is 20.3 Å². The first-order valence-corrected chi connectivity index (χ1v) is 11.9. The van der Waals surface area contributed by atoms with Crippen molar-refractivity contribution in [1.82, 2.24) is 24.8 Å². The number of aromatic nitrogens is 3. The zero-order chi connectivity index (χ0) is 24.6. The number of nitrogens with zero attached hydrogens (tertiary/aromatic N) is 5. The number of piperazine rings is 1. The van der Waals surface area contributed by atoms with Gasteiger partial charge in [-0.05, 0) is 26.8 Å². The molecule has 4 heterocycles. The summed E-state index contributed by atoms with van der Waals surface area (Å²) < 4.78 is 12.8. The molecule has 0 unspecified atom stereocenters. The van der Waals surface area contributed by atoms with Gasteiger partial charge in [-0.3, -0.25) is 4.79 Å². The van der Waals surface area contributed by atoms with E-state index in [1.54, 1.807) is 21.8 Å². The molecule has 10 heteroatoms. The van der Waals surface area contributed by atoms with Gasteiger partial charge in [0, 0.05) is 56.6 Å². The number of carbonyl (C=O) groups excluding carboxylic acids is 2. The highest BCUT2D eigenvalue weighted by Gasteiger charge is 2.27. The second kappa shape index (κ2) is 9.09. The standard InChI is InChI=1S/C25H30N6O4/c1-25(2,3)35-24(33)30-11-9-29(10-12-30)22-14-21-26-15-17(16-31(21)28-22)23(32)27-19-8-13-34-20-7-5-4-6-18(19)20/h4-7,14-16,19H,8-13H2,1-3H3,(H,27,32)/t19-/m0/s1. The highest BCUT2D eigenvalue weighted by molar-refractivity contribution is 5.94. The van der Waals surface area contributed by atoms with E-state index in [1.807, 2.05) is 51.1 Å². The second-order valence-electron chi connectivity index (χ2n) is 9.80. The lowest BCUT2D eigenvalue weighted by atomic mass is 10.0. The number of para-hydroxylation sites is 1. The van der Waals surface area contributed by atoms with Crippen molar-refractivity contribution >= 4 is 23.5 Å². The van der Waals surface area contributed by atoms with Crippen LogP contribution in [-0.2, 0) is 4.74 Å². The molecule has 0 spiro atoms. The fourth-order valence-electron chi connectivity index (χ4n) is 4.31. The van der Waals surface area contributed by atoms with Gasteiger partial charge in [-0.15, -0.1) is 5.10 Å². The number of benzene rings is 1. The molecule has 0 bridgehead atoms. The summed E-state index contributed by atoms with van der Waals surface area (Å²) in [4.78, 5) is 33.6. The van der Waals surface area contributed by atoms with Gasteiger partial charge in [0.1, 0.15) is 11.4 Å². The van der Waals surface area contributed by atoms with Crippen LogP contribution in [0.5, 0.6) is 5.75 Å². The molecule has 1 saturated heterocycles. The lowest BCUT2D eigenvalue weighted by Crippen LogP contribution is -2.50. The molecule has 0 saturated carbocycles. The van der Waals surface area contributed by atoms with E-state index >= 15 is 0 Å². The van der Waals surface area contributed by atoms with Crippen LogP contribution in [0.25, 0.3) is 5.65 Å². The zero-order valence-corrected chi connectivity index (χ0v) is 20.2. The molecule has 1 aromatic carbocycles. The summed E-state index contributed by atoms with van der Waals surface area (Å²) in [6, 6.07) is 9.53. The number of amides is 2. The summed E-state index contributed by atoms with van der Waals surface area (Å²) in [5, 5.41) is 7.73. The monoisotopic (exact) mass is 478 g/mol. The highest BCUT2D eigenvalue weighted by atomic mass is 16.6. The fraction of sp³-hybridized carbons (Fsp3) is 0.440. The maximum atomic E-state index is 13.0. The molecular weight excluding hydrogens is 448 g/mol. The Kier molecular flexibility index (Phi) is 5.96. The molecule has 2 amide bonds. The zero-order valence-electron chi connectivity index (χ0n) is 20.2. The van der Waals surface area contributed by atoms with Gasteiger partial charge in [0.2, 0.25) is 0 Å². The van der Waals surface area contributed by atoms with Gasteiger partial charge in [0.05, 0.1) is 18.2 Å². The second-order valence-corrected chi connectivity index (χ2v) is 9.80. The van der Waals surface area contributed by atoms with E-state index in [0.717, 1.165) is 17.1 Å². The van der Waals surface area contributed by atoms with Crippen LogP contribution < -0.4 is 15.0 Å². The minimum absolute atomic E-state index is 0.113. The van der Waals surface area contributed by atoms with Crippen LogP contribution in [0.1, 0.15) is 49.2 Å². The van der Waals surface area contributed by atoms with Crippen LogP contribution in [0.4, 0.5) is 10.6 Å². The molecule has 2 aromatic heterocycles. The van der Waals surface area contributed by atoms with Gasteiger partial charge in [-0.25, -0.2) is 14.3 Å². The van der Waals surface area contributed by atoms with Crippen molar-refractivity contribution in [3.05, 3.63) is 53.9 Å². The van der Waals surface area contributed by atoms with Crippen LogP contribution >= 0.6 is 0 Å². The van der Waals surface area contributed by atoms with Crippen LogP contribution in [0, 0.1) is 0 Å². The molecular formula is C25H30N6O4. The molecule has 1 fully saturated rings. The van der Waals surface area contributed by atoms with Gasteiger partial charge in [-0.2, -0.15) is 0 Å². The number of anilines is 1. The Morgan fingerprint density at radius 1 is 1.14 bits per heavy atom. The molecule has 1 N–H and O–H groups in total. The molecule has 2 aliphatic rings. The smallest absolute Gasteiger partial charge is 0.410 e. The molecule has 2 aliphatic heterocycles. The fourth-order valence-corrected chi connectivity index (χ4v) is 4.31. The SMILES string of the molecule is CC(C)(C)OC(=O)N1CCN(c2cc3ncc(C(=O)N[C@H]4CCOc5ccccc54)cn3n2)CC1. The highest BCUT2D eigenvalue weighted by Crippen LogP contribution is 2.31. The van der Waals surface area contributed by atoms with Crippen LogP contribution in [0.3, 0.4) is 0 Å². The van der Waals surface area contributed by atoms with Crippen molar-refractivity contribution in [2.45, 2.75) is 38.8 Å². The number of nitrogens with one attached hydrogen (secondary N) is 1. The maximum Gasteiger partial charge on any atom is 0.410 e. The lowest BCUT2D eigenvalue weighted by Gasteiger charge is -2.35. The molecule has 1 atom stereocenters. The van der Waals surface area contributed by atoms with Gasteiger partial charge in [0.15, 0.2) is 11.5 Å². The van der Waals surface area contributed by atoms with Crippen molar-refractivity contribution < 1.29 is 19.1 Å². The Morgan fingerprint density at radius 2 is 1.91 bits per heavy atom. The average molecular weight is 479 g/mol. The summed E-state index contributed by atoms with van der Waals surface area (Å²) in [5.74, 6) is 1.36. The average Bonchev–Trinajstić information content (AvgIpc) is 3.27. The first kappa shape index (κ1) is 22.9. The number of rotatable bonds is 3. The Morgan fingerprint density at radius 3 is 2.69 bits per heavy atom. The number of carbonyl (C=O) groups is 2. The molecule has 10 nitrogen and oxygen atoms in total. The molecule has 5 rings (SSSR count). The number of hydrogen-bond acceptors (Lipinski definition) is 7. The predicted octanol–water partition coefficient (Wildman–Crippen LogP) is 3.04. The van der Waals surface area contributed by atoms with Crippen molar-refractivity contribution in [2.75, 3.05) is 37.7 Å². The van der Waals surface area contributed by atoms with Crippen molar-refractivity contribution in [3.63, 3.8) is 0 Å². The molecule has 0 radical (unpaired) electrons. The Hall–Kier alpha value is -3.82. The third-order valence-corrected chi connectivity index (χ3v) is 6.08. The predicted molar refractivity (Wildman–Crippen MR) is 130 cm³/mol. The summed E-state index contributed by atoms with van der Waals surface area (Å²) >= 11 is 0. The lowest BCUT2D eigenvalue weighted by molar-refractivity contribution is 0.0240. The Bertz CT molecular complexity index is 1240. The Labute approximate surface area is 203 Å². The third-order valence-electron chi connectivity index (χ3n) is 6.08. The van der Waals surface area contributed by atoms with Crippen molar-refractivity contribution in [1.29, 1.82) is 0 Å². The first-order chi connectivity index (χ1) is 16.8. The Balaban J connectivity index is 1.25. The topological polar surface area (TPSA) is 101 Å². The van der Waals surface area contributed by atoms with E-state index in [9.17, 15) is 9.59 Å². The molecule has 0 aliphatic carbocycles. The van der Waals surface area contributed by atoms with E-state index < -0.39 is 5.60 Å². The van der Waals surface area contributed by atoms with E-state index in [1.165, 1.54) is 0 Å². The number of fused-ring (bicyclic) bond motifs is 2. The quantitative estimate of drug-likeness (QED) is 0.617. The normalized spacial score (nSPS) is 18.1. The molecule has 184 valence electrons. The van der Waals surface area contributed by atoms with Crippen LogP contribution in [-0.4, -0.2) is 69.9 Å².